The molecule has 1 fully saturated rings. The molecular formula is C23H24ClN3O3S2. The molecule has 9 heteroatoms. The molecule has 1 unspecified atom stereocenters. The van der Waals surface area contributed by atoms with Crippen LogP contribution in [0.1, 0.15) is 25.3 Å². The number of halogens is 1. The largest absolute Gasteiger partial charge is 0.302 e. The molecule has 0 saturated carbocycles. The van der Waals surface area contributed by atoms with Crippen LogP contribution in [0, 0.1) is 5.92 Å². The summed E-state index contributed by atoms with van der Waals surface area (Å²) in [6, 6.07) is 14.3. The Morgan fingerprint density at radius 1 is 1.19 bits per heavy atom. The standard InChI is InChI=1S/C23H24ClN3O3S2/c1-2-16-5-7-17(8-6-16)21-15-31-23(25-21)26-22(28)18-4-3-13-27(14-18)32(29,30)20-11-9-19(24)10-12-20/h5-12,15,18H,2-4,13-14H2,1H3,(H,25,26,28). The van der Waals surface area contributed by atoms with Gasteiger partial charge in [-0.3, -0.25) is 4.79 Å². The van der Waals surface area contributed by atoms with E-state index in [1.54, 1.807) is 12.1 Å². The Bertz CT molecular complexity index is 1190. The minimum Gasteiger partial charge on any atom is -0.302 e. The van der Waals surface area contributed by atoms with Crippen molar-refractivity contribution in [1.29, 1.82) is 0 Å². The summed E-state index contributed by atoms with van der Waals surface area (Å²) in [6.07, 6.45) is 2.23. The van der Waals surface area contributed by atoms with Gasteiger partial charge < -0.3 is 5.32 Å². The van der Waals surface area contributed by atoms with Crippen LogP contribution in [-0.2, 0) is 21.2 Å². The predicted molar refractivity (Wildman–Crippen MR) is 128 cm³/mol. The summed E-state index contributed by atoms with van der Waals surface area (Å²) < 4.78 is 27.3. The maximum Gasteiger partial charge on any atom is 0.243 e. The van der Waals surface area contributed by atoms with E-state index in [0.29, 0.717) is 29.5 Å². The van der Waals surface area contributed by atoms with Gasteiger partial charge in [-0.15, -0.1) is 11.3 Å². The van der Waals surface area contributed by atoms with E-state index in [1.165, 1.54) is 33.3 Å². The van der Waals surface area contributed by atoms with Gasteiger partial charge in [-0.2, -0.15) is 4.31 Å². The van der Waals surface area contributed by atoms with Crippen LogP contribution in [-0.4, -0.2) is 36.7 Å². The zero-order valence-electron chi connectivity index (χ0n) is 17.6. The molecule has 0 spiro atoms. The number of nitrogens with one attached hydrogen (secondary N) is 1. The molecule has 2 aromatic carbocycles. The number of sulfonamides is 1. The molecule has 1 amide bonds. The molecule has 1 aliphatic rings. The van der Waals surface area contributed by atoms with Crippen LogP contribution in [0.2, 0.25) is 5.02 Å². The fourth-order valence-electron chi connectivity index (χ4n) is 3.71. The number of thiazole rings is 1. The number of anilines is 1. The highest BCUT2D eigenvalue weighted by Gasteiger charge is 2.33. The molecule has 1 saturated heterocycles. The van der Waals surface area contributed by atoms with Crippen molar-refractivity contribution in [3.05, 3.63) is 64.5 Å². The minimum atomic E-state index is -3.67. The van der Waals surface area contributed by atoms with E-state index in [1.807, 2.05) is 17.5 Å². The predicted octanol–water partition coefficient (Wildman–Crippen LogP) is 5.07. The van der Waals surface area contributed by atoms with Crippen LogP contribution in [0.3, 0.4) is 0 Å². The molecule has 1 atom stereocenters. The molecule has 1 aliphatic heterocycles. The fraction of sp³-hybridized carbons (Fsp3) is 0.304. The van der Waals surface area contributed by atoms with Gasteiger partial charge in [0.25, 0.3) is 0 Å². The average molecular weight is 490 g/mol. The van der Waals surface area contributed by atoms with E-state index < -0.39 is 15.9 Å². The lowest BCUT2D eigenvalue weighted by atomic mass is 9.99. The molecule has 2 heterocycles. The Morgan fingerprint density at radius 3 is 2.59 bits per heavy atom. The smallest absolute Gasteiger partial charge is 0.243 e. The molecule has 32 heavy (non-hydrogen) atoms. The number of nitrogens with zero attached hydrogens (tertiary/aromatic N) is 2. The van der Waals surface area contributed by atoms with E-state index in [0.717, 1.165) is 17.7 Å². The Morgan fingerprint density at radius 2 is 1.91 bits per heavy atom. The molecule has 1 aromatic heterocycles. The number of hydrogen-bond donors (Lipinski definition) is 1. The zero-order chi connectivity index (χ0) is 22.7. The number of hydrogen-bond acceptors (Lipinski definition) is 5. The summed E-state index contributed by atoms with van der Waals surface area (Å²) in [4.78, 5) is 17.6. The first-order chi connectivity index (χ1) is 15.4. The normalized spacial score (nSPS) is 17.2. The highest BCUT2D eigenvalue weighted by molar-refractivity contribution is 7.89. The zero-order valence-corrected chi connectivity index (χ0v) is 20.0. The van der Waals surface area contributed by atoms with Crippen molar-refractivity contribution in [3.63, 3.8) is 0 Å². The van der Waals surface area contributed by atoms with E-state index in [-0.39, 0.29) is 17.3 Å². The van der Waals surface area contributed by atoms with E-state index in [9.17, 15) is 13.2 Å². The summed E-state index contributed by atoms with van der Waals surface area (Å²) in [5, 5.41) is 5.78. The van der Waals surface area contributed by atoms with Gasteiger partial charge >= 0.3 is 0 Å². The maximum absolute atomic E-state index is 13.0. The maximum atomic E-state index is 13.0. The molecular weight excluding hydrogens is 466 g/mol. The molecule has 1 N–H and O–H groups in total. The van der Waals surface area contributed by atoms with Gasteiger partial charge in [0.2, 0.25) is 15.9 Å². The van der Waals surface area contributed by atoms with Gasteiger partial charge in [-0.25, -0.2) is 13.4 Å². The van der Waals surface area contributed by atoms with E-state index in [4.69, 9.17) is 11.6 Å². The SMILES string of the molecule is CCc1ccc(-c2csc(NC(=O)C3CCCN(S(=O)(=O)c4ccc(Cl)cc4)C3)n2)cc1. The molecule has 6 nitrogen and oxygen atoms in total. The topological polar surface area (TPSA) is 79.4 Å². The van der Waals surface area contributed by atoms with Crippen molar-refractivity contribution in [2.45, 2.75) is 31.1 Å². The van der Waals surface area contributed by atoms with Crippen molar-refractivity contribution in [1.82, 2.24) is 9.29 Å². The minimum absolute atomic E-state index is 0.146. The lowest BCUT2D eigenvalue weighted by molar-refractivity contribution is -0.120. The van der Waals surface area contributed by atoms with Crippen molar-refractivity contribution < 1.29 is 13.2 Å². The van der Waals surface area contributed by atoms with Gasteiger partial charge in [-0.05, 0) is 49.1 Å². The lowest BCUT2D eigenvalue weighted by Crippen LogP contribution is -2.43. The van der Waals surface area contributed by atoms with Crippen LogP contribution in [0.15, 0.2) is 58.8 Å². The number of rotatable bonds is 6. The first-order valence-corrected chi connectivity index (χ1v) is 13.2. The number of benzene rings is 2. The third-order valence-corrected chi connectivity index (χ3v) is 8.49. The Kier molecular flexibility index (Phi) is 6.95. The van der Waals surface area contributed by atoms with Crippen LogP contribution in [0.5, 0.6) is 0 Å². The third kappa shape index (κ3) is 5.04. The fourth-order valence-corrected chi connectivity index (χ4v) is 6.09. The van der Waals surface area contributed by atoms with Crippen molar-refractivity contribution in [3.8, 4) is 11.3 Å². The number of aryl methyl sites for hydroxylation is 1. The molecule has 4 rings (SSSR count). The number of piperidine rings is 1. The van der Waals surface area contributed by atoms with Gasteiger partial charge in [0.15, 0.2) is 5.13 Å². The van der Waals surface area contributed by atoms with Crippen LogP contribution in [0.25, 0.3) is 11.3 Å². The molecule has 3 aromatic rings. The lowest BCUT2D eigenvalue weighted by Gasteiger charge is -2.31. The second-order valence-electron chi connectivity index (χ2n) is 7.73. The second kappa shape index (κ2) is 9.70. The number of aromatic nitrogens is 1. The summed E-state index contributed by atoms with van der Waals surface area (Å²) in [6.45, 7) is 2.65. The van der Waals surface area contributed by atoms with Crippen LogP contribution < -0.4 is 5.32 Å². The first-order valence-electron chi connectivity index (χ1n) is 10.5. The molecule has 168 valence electrons. The first kappa shape index (κ1) is 22.9. The summed E-state index contributed by atoms with van der Waals surface area (Å²) >= 11 is 7.24. The molecule has 0 aliphatic carbocycles. The van der Waals surface area contributed by atoms with Gasteiger partial charge in [0.1, 0.15) is 0 Å². The highest BCUT2D eigenvalue weighted by Crippen LogP contribution is 2.28. The number of carbonyl (C=O) groups is 1. The van der Waals surface area contributed by atoms with Crippen LogP contribution >= 0.6 is 22.9 Å². The monoisotopic (exact) mass is 489 g/mol. The average Bonchev–Trinajstić information content (AvgIpc) is 3.28. The molecule has 0 radical (unpaired) electrons. The molecule has 0 bridgehead atoms. The number of amides is 1. The summed E-state index contributed by atoms with van der Waals surface area (Å²) in [7, 11) is -3.67. The van der Waals surface area contributed by atoms with Gasteiger partial charge in [-0.1, -0.05) is 42.8 Å². The third-order valence-electron chi connectivity index (χ3n) is 5.60. The highest BCUT2D eigenvalue weighted by atomic mass is 35.5. The second-order valence-corrected chi connectivity index (χ2v) is 11.0. The van der Waals surface area contributed by atoms with Gasteiger partial charge in [0, 0.05) is 29.1 Å². The number of carbonyl (C=O) groups excluding carboxylic acids is 1. The van der Waals surface area contributed by atoms with Crippen molar-refractivity contribution in [2.24, 2.45) is 5.92 Å². The van der Waals surface area contributed by atoms with E-state index in [2.05, 4.69) is 29.4 Å². The summed E-state index contributed by atoms with van der Waals surface area (Å²) in [5.41, 5.74) is 3.06. The van der Waals surface area contributed by atoms with Crippen LogP contribution in [0.4, 0.5) is 5.13 Å². The van der Waals surface area contributed by atoms with E-state index >= 15 is 0 Å². The van der Waals surface area contributed by atoms with Crippen molar-refractivity contribution >= 4 is 44.0 Å². The quantitative estimate of drug-likeness (QED) is 0.524. The Hall–Kier alpha value is -2.26. The van der Waals surface area contributed by atoms with Gasteiger partial charge in [0.05, 0.1) is 16.5 Å². The Balaban J connectivity index is 1.42. The van der Waals surface area contributed by atoms with Crippen molar-refractivity contribution in [2.75, 3.05) is 18.4 Å². The Labute approximate surface area is 197 Å². The summed E-state index contributed by atoms with van der Waals surface area (Å²) in [5.74, 6) is -0.634.